The van der Waals surface area contributed by atoms with Gasteiger partial charge in [-0.3, -0.25) is 4.79 Å². The fraction of sp³-hybridized carbons (Fsp3) is 0.444. The lowest BCUT2D eigenvalue weighted by molar-refractivity contribution is -0.121. The van der Waals surface area contributed by atoms with E-state index in [0.29, 0.717) is 0 Å². The molecule has 0 aromatic heterocycles. The maximum absolute atomic E-state index is 11.2. The lowest BCUT2D eigenvalue weighted by Crippen LogP contribution is -2.19. The highest BCUT2D eigenvalue weighted by Crippen LogP contribution is 2.27. The summed E-state index contributed by atoms with van der Waals surface area (Å²) in [7, 11) is 0. The van der Waals surface area contributed by atoms with Crippen LogP contribution in [0.3, 0.4) is 0 Å². The molecule has 0 aromatic rings. The van der Waals surface area contributed by atoms with Gasteiger partial charge in [0.1, 0.15) is 0 Å². The zero-order valence-electron chi connectivity index (χ0n) is 6.55. The molecule has 0 aromatic carbocycles. The minimum atomic E-state index is 0.153. The van der Waals surface area contributed by atoms with Crippen LogP contribution in [0.15, 0.2) is 23.3 Å². The average Bonchev–Trinajstić information content (AvgIpc) is 2.33. The molecule has 11 heavy (non-hydrogen) atoms. The third-order valence-corrected chi connectivity index (χ3v) is 2.34. The average molecular weight is 149 g/mol. The van der Waals surface area contributed by atoms with Crippen molar-refractivity contribution in [3.63, 3.8) is 0 Å². The molecule has 1 N–H and O–H groups in total. The minimum absolute atomic E-state index is 0.153. The predicted molar refractivity (Wildman–Crippen MR) is 43.0 cm³/mol. The standard InChI is InChI=1S/C9H11NO/c1-6-2-3-7-5-10-9(11)8(7)4-6/h2-3,8H,4-5H2,1H3,(H,10,11). The smallest absolute Gasteiger partial charge is 0.227 e. The van der Waals surface area contributed by atoms with Crippen molar-refractivity contribution in [1.82, 2.24) is 5.32 Å². The SMILES string of the molecule is CC1=CC=C2CNC(=O)C2C1. The summed E-state index contributed by atoms with van der Waals surface area (Å²) in [5.41, 5.74) is 2.55. The Labute approximate surface area is 66.0 Å². The molecule has 1 saturated heterocycles. The van der Waals surface area contributed by atoms with E-state index in [-0.39, 0.29) is 11.8 Å². The van der Waals surface area contributed by atoms with Crippen molar-refractivity contribution in [1.29, 1.82) is 0 Å². The van der Waals surface area contributed by atoms with Gasteiger partial charge in [-0.25, -0.2) is 0 Å². The second-order valence-corrected chi connectivity index (χ2v) is 3.23. The zero-order chi connectivity index (χ0) is 7.84. The van der Waals surface area contributed by atoms with Gasteiger partial charge in [-0.2, -0.15) is 0 Å². The van der Waals surface area contributed by atoms with Crippen LogP contribution in [0.2, 0.25) is 0 Å². The number of carbonyl (C=O) groups excluding carboxylic acids is 1. The number of rotatable bonds is 0. The summed E-state index contributed by atoms with van der Waals surface area (Å²) in [5.74, 6) is 0.351. The van der Waals surface area contributed by atoms with E-state index in [1.54, 1.807) is 0 Å². The van der Waals surface area contributed by atoms with Crippen molar-refractivity contribution < 1.29 is 4.79 Å². The fourth-order valence-electron chi connectivity index (χ4n) is 1.64. The van der Waals surface area contributed by atoms with E-state index in [4.69, 9.17) is 0 Å². The number of amides is 1. The molecule has 0 bridgehead atoms. The highest BCUT2D eigenvalue weighted by Gasteiger charge is 2.30. The molecule has 2 aliphatic rings. The normalized spacial score (nSPS) is 28.8. The molecule has 1 fully saturated rings. The van der Waals surface area contributed by atoms with Gasteiger partial charge >= 0.3 is 0 Å². The van der Waals surface area contributed by atoms with E-state index in [1.165, 1.54) is 11.1 Å². The lowest BCUT2D eigenvalue weighted by atomic mass is 9.90. The Hall–Kier alpha value is -1.05. The van der Waals surface area contributed by atoms with Gasteiger partial charge in [0.2, 0.25) is 5.91 Å². The van der Waals surface area contributed by atoms with Crippen LogP contribution in [0.25, 0.3) is 0 Å². The molecule has 1 aliphatic carbocycles. The van der Waals surface area contributed by atoms with Crippen molar-refractivity contribution in [2.24, 2.45) is 5.92 Å². The Kier molecular flexibility index (Phi) is 1.34. The van der Waals surface area contributed by atoms with Crippen LogP contribution in [0.5, 0.6) is 0 Å². The highest BCUT2D eigenvalue weighted by atomic mass is 16.2. The van der Waals surface area contributed by atoms with Crippen molar-refractivity contribution in [2.45, 2.75) is 13.3 Å². The van der Waals surface area contributed by atoms with Crippen LogP contribution >= 0.6 is 0 Å². The van der Waals surface area contributed by atoms with E-state index in [9.17, 15) is 4.79 Å². The summed E-state index contributed by atoms with van der Waals surface area (Å²) < 4.78 is 0. The quantitative estimate of drug-likeness (QED) is 0.547. The third-order valence-electron chi connectivity index (χ3n) is 2.34. The molecular formula is C9H11NO. The van der Waals surface area contributed by atoms with E-state index in [0.717, 1.165) is 13.0 Å². The Morgan fingerprint density at radius 2 is 2.36 bits per heavy atom. The van der Waals surface area contributed by atoms with E-state index in [2.05, 4.69) is 24.4 Å². The van der Waals surface area contributed by atoms with Gasteiger partial charge in [-0.05, 0) is 18.9 Å². The number of hydrogen-bond donors (Lipinski definition) is 1. The zero-order valence-corrected chi connectivity index (χ0v) is 6.55. The second kappa shape index (κ2) is 2.22. The molecule has 1 unspecified atom stereocenters. The number of allylic oxidation sites excluding steroid dienone is 3. The number of hydrogen-bond acceptors (Lipinski definition) is 1. The third kappa shape index (κ3) is 0.985. The highest BCUT2D eigenvalue weighted by molar-refractivity contribution is 5.85. The van der Waals surface area contributed by atoms with E-state index < -0.39 is 0 Å². The first-order chi connectivity index (χ1) is 5.27. The summed E-state index contributed by atoms with van der Waals surface area (Å²) >= 11 is 0. The summed E-state index contributed by atoms with van der Waals surface area (Å²) in [4.78, 5) is 11.2. The van der Waals surface area contributed by atoms with Gasteiger partial charge in [0.25, 0.3) is 0 Å². The molecule has 2 rings (SSSR count). The lowest BCUT2D eigenvalue weighted by Gasteiger charge is -2.12. The maximum atomic E-state index is 11.2. The Bertz CT molecular complexity index is 263. The molecule has 0 radical (unpaired) electrons. The van der Waals surface area contributed by atoms with Gasteiger partial charge in [0.15, 0.2) is 0 Å². The molecular weight excluding hydrogens is 138 g/mol. The molecule has 58 valence electrons. The number of fused-ring (bicyclic) bond motifs is 1. The number of carbonyl (C=O) groups is 1. The fourth-order valence-corrected chi connectivity index (χ4v) is 1.64. The molecule has 0 saturated carbocycles. The molecule has 2 heteroatoms. The first-order valence-corrected chi connectivity index (χ1v) is 3.91. The Balaban J connectivity index is 2.30. The van der Waals surface area contributed by atoms with Gasteiger partial charge < -0.3 is 5.32 Å². The monoisotopic (exact) mass is 149 g/mol. The van der Waals surface area contributed by atoms with E-state index in [1.807, 2.05) is 0 Å². The Morgan fingerprint density at radius 1 is 1.55 bits per heavy atom. The topological polar surface area (TPSA) is 29.1 Å². The first kappa shape index (κ1) is 6.65. The summed E-state index contributed by atoms with van der Waals surface area (Å²) in [6.07, 6.45) is 5.09. The van der Waals surface area contributed by atoms with Gasteiger partial charge in [0.05, 0.1) is 5.92 Å². The molecule has 0 spiro atoms. The first-order valence-electron chi connectivity index (χ1n) is 3.91. The van der Waals surface area contributed by atoms with Crippen molar-refractivity contribution in [3.05, 3.63) is 23.3 Å². The van der Waals surface area contributed by atoms with Gasteiger partial charge in [0, 0.05) is 6.54 Å². The maximum Gasteiger partial charge on any atom is 0.227 e. The predicted octanol–water partition coefficient (Wildman–Crippen LogP) is 1.01. The molecule has 1 aliphatic heterocycles. The van der Waals surface area contributed by atoms with Crippen molar-refractivity contribution in [2.75, 3.05) is 6.54 Å². The van der Waals surface area contributed by atoms with Crippen LogP contribution in [0.4, 0.5) is 0 Å². The number of nitrogens with one attached hydrogen (secondary N) is 1. The summed E-state index contributed by atoms with van der Waals surface area (Å²) in [6, 6.07) is 0. The van der Waals surface area contributed by atoms with Crippen molar-refractivity contribution >= 4 is 5.91 Å². The van der Waals surface area contributed by atoms with Crippen molar-refractivity contribution in [3.8, 4) is 0 Å². The second-order valence-electron chi connectivity index (χ2n) is 3.23. The minimum Gasteiger partial charge on any atom is -0.352 e. The van der Waals surface area contributed by atoms with Crippen LogP contribution in [-0.2, 0) is 4.79 Å². The molecule has 1 heterocycles. The van der Waals surface area contributed by atoms with Gasteiger partial charge in [-0.15, -0.1) is 0 Å². The van der Waals surface area contributed by atoms with Crippen LogP contribution < -0.4 is 5.32 Å². The summed E-state index contributed by atoms with van der Waals surface area (Å²) in [6.45, 7) is 2.83. The van der Waals surface area contributed by atoms with Crippen LogP contribution in [0, 0.1) is 5.92 Å². The van der Waals surface area contributed by atoms with Crippen LogP contribution in [-0.4, -0.2) is 12.5 Å². The Morgan fingerprint density at radius 3 is 3.18 bits per heavy atom. The summed E-state index contributed by atoms with van der Waals surface area (Å²) in [5, 5.41) is 2.84. The van der Waals surface area contributed by atoms with E-state index >= 15 is 0 Å². The molecule has 1 atom stereocenters. The van der Waals surface area contributed by atoms with Crippen LogP contribution in [0.1, 0.15) is 13.3 Å². The molecule has 2 nitrogen and oxygen atoms in total. The molecule has 1 amide bonds. The largest absolute Gasteiger partial charge is 0.352 e. The van der Waals surface area contributed by atoms with Gasteiger partial charge in [-0.1, -0.05) is 17.7 Å².